The number of nitrogens with one attached hydrogen (secondary N) is 2. The van der Waals surface area contributed by atoms with E-state index < -0.39 is 6.09 Å². The summed E-state index contributed by atoms with van der Waals surface area (Å²) in [6.07, 6.45) is -0.0475. The number of aromatic hydroxyl groups is 1. The van der Waals surface area contributed by atoms with Gasteiger partial charge in [0.15, 0.2) is 22.9 Å². The van der Waals surface area contributed by atoms with E-state index >= 15 is 0 Å². The maximum absolute atomic E-state index is 12.4. The molecule has 0 atom stereocenters. The van der Waals surface area contributed by atoms with Crippen LogP contribution in [0.2, 0.25) is 0 Å². The Bertz CT molecular complexity index is 1120. The summed E-state index contributed by atoms with van der Waals surface area (Å²) in [6, 6.07) is 8.31. The predicted molar refractivity (Wildman–Crippen MR) is 114 cm³/mol. The minimum absolute atomic E-state index is 0.0468. The van der Waals surface area contributed by atoms with Gasteiger partial charge in [0, 0.05) is 37.7 Å². The number of furan rings is 1. The number of carbonyl (C=O) groups excluding carboxylic acids is 3. The maximum atomic E-state index is 12.4. The summed E-state index contributed by atoms with van der Waals surface area (Å²) in [5, 5.41) is 17.6. The molecule has 31 heavy (non-hydrogen) atoms. The number of hydrogen-bond donors (Lipinski definition) is 3. The minimum atomic E-state index is -0.683. The van der Waals surface area contributed by atoms with Crippen molar-refractivity contribution in [1.82, 2.24) is 10.6 Å². The van der Waals surface area contributed by atoms with Crippen molar-refractivity contribution in [2.24, 2.45) is 0 Å². The van der Waals surface area contributed by atoms with Crippen molar-refractivity contribution < 1.29 is 33.4 Å². The lowest BCUT2D eigenvalue weighted by Gasteiger charge is -2.11. The molecule has 0 bridgehead atoms. The monoisotopic (exact) mass is 428 g/mol. The molecule has 9 nitrogen and oxygen atoms in total. The topological polar surface area (TPSA) is 127 Å². The van der Waals surface area contributed by atoms with Crippen LogP contribution in [-0.4, -0.2) is 49.2 Å². The Morgan fingerprint density at radius 1 is 1.03 bits per heavy atom. The molecule has 1 aromatic heterocycles. The Morgan fingerprint density at radius 3 is 2.48 bits per heavy atom. The van der Waals surface area contributed by atoms with Crippen LogP contribution >= 0.6 is 0 Å². The first-order valence-corrected chi connectivity index (χ1v) is 9.86. The van der Waals surface area contributed by atoms with Gasteiger partial charge >= 0.3 is 12.1 Å². The van der Waals surface area contributed by atoms with Crippen LogP contribution in [0.1, 0.15) is 30.8 Å². The number of hydrogen-bond acceptors (Lipinski definition) is 8. The second-order valence-electron chi connectivity index (χ2n) is 6.89. The zero-order valence-corrected chi connectivity index (χ0v) is 17.3. The number of phenols is 1. The maximum Gasteiger partial charge on any atom is 0.412 e. The third-order valence-corrected chi connectivity index (χ3v) is 4.55. The Kier molecular flexibility index (Phi) is 7.09. The van der Waals surface area contributed by atoms with Crippen molar-refractivity contribution >= 4 is 39.6 Å². The minimum Gasteiger partial charge on any atom is -0.507 e. The van der Waals surface area contributed by atoms with Crippen LogP contribution in [-0.2, 0) is 9.53 Å². The summed E-state index contributed by atoms with van der Waals surface area (Å²) in [6.45, 7) is 4.49. The van der Waals surface area contributed by atoms with E-state index in [9.17, 15) is 19.5 Å². The zero-order chi connectivity index (χ0) is 22.4. The summed E-state index contributed by atoms with van der Waals surface area (Å²) in [5.41, 5.74) is 0.128. The molecule has 3 aromatic rings. The van der Waals surface area contributed by atoms with Gasteiger partial charge in [-0.15, -0.1) is 0 Å². The molecule has 164 valence electrons. The van der Waals surface area contributed by atoms with Crippen LogP contribution in [0.5, 0.6) is 11.5 Å². The number of amides is 1. The number of carbonyl (C=O) groups is 3. The highest BCUT2D eigenvalue weighted by molar-refractivity contribution is 6.11. The molecule has 0 saturated carbocycles. The van der Waals surface area contributed by atoms with E-state index in [1.807, 2.05) is 0 Å². The molecular weight excluding hydrogens is 404 g/mol. The third-order valence-electron chi connectivity index (χ3n) is 4.55. The average molecular weight is 428 g/mol. The Labute approximate surface area is 178 Å². The number of esters is 1. The molecule has 9 heteroatoms. The van der Waals surface area contributed by atoms with Crippen molar-refractivity contribution in [2.45, 2.75) is 20.3 Å². The molecule has 3 N–H and O–H groups in total. The standard InChI is InChI=1S/C22H24N2O7/c1-13(25)18-12-17-19(27)15-6-3-4-7-16(15)20(21(17)30-18)31-22(28)24-9-5-8-23-10-11-29-14(2)26/h3-4,6-7,12,23,27H,5,8-11H2,1-2H3,(H,24,28). The molecule has 0 spiro atoms. The first kappa shape index (κ1) is 22.1. The fourth-order valence-electron chi connectivity index (χ4n) is 3.09. The van der Waals surface area contributed by atoms with Crippen LogP contribution in [0.3, 0.4) is 0 Å². The molecule has 0 aliphatic carbocycles. The lowest BCUT2D eigenvalue weighted by Crippen LogP contribution is -2.30. The first-order chi connectivity index (χ1) is 14.9. The Morgan fingerprint density at radius 2 is 1.77 bits per heavy atom. The SMILES string of the molecule is CC(=O)OCCNCCCNC(=O)Oc1c2ccccc2c(O)c2cc(C(C)=O)oc12. The lowest BCUT2D eigenvalue weighted by atomic mass is 10.1. The molecule has 0 fully saturated rings. The van der Waals surface area contributed by atoms with Crippen molar-refractivity contribution in [2.75, 3.05) is 26.2 Å². The number of ether oxygens (including phenoxy) is 2. The summed E-state index contributed by atoms with van der Waals surface area (Å²) >= 11 is 0. The van der Waals surface area contributed by atoms with Gasteiger partial charge in [-0.25, -0.2) is 4.79 Å². The molecule has 0 saturated heterocycles. The molecule has 2 aromatic carbocycles. The number of phenolic OH excluding ortho intramolecular Hbond substituents is 1. The number of ketones is 1. The van der Waals surface area contributed by atoms with E-state index in [-0.39, 0.29) is 34.6 Å². The van der Waals surface area contributed by atoms with E-state index in [1.54, 1.807) is 24.3 Å². The molecule has 0 radical (unpaired) electrons. The normalized spacial score (nSPS) is 10.9. The van der Waals surface area contributed by atoms with Crippen LogP contribution in [0.4, 0.5) is 4.79 Å². The fraction of sp³-hybridized carbons (Fsp3) is 0.318. The van der Waals surface area contributed by atoms with E-state index in [4.69, 9.17) is 13.9 Å². The average Bonchev–Trinajstić information content (AvgIpc) is 3.19. The van der Waals surface area contributed by atoms with E-state index in [0.717, 1.165) is 0 Å². The highest BCUT2D eigenvalue weighted by Crippen LogP contribution is 2.43. The summed E-state index contributed by atoms with van der Waals surface area (Å²) in [4.78, 5) is 34.8. The number of rotatable bonds is 9. The van der Waals surface area contributed by atoms with E-state index in [0.29, 0.717) is 48.8 Å². The van der Waals surface area contributed by atoms with Gasteiger partial charge in [0.1, 0.15) is 12.4 Å². The smallest absolute Gasteiger partial charge is 0.412 e. The molecule has 0 aliphatic rings. The Balaban J connectivity index is 1.67. The zero-order valence-electron chi connectivity index (χ0n) is 17.3. The van der Waals surface area contributed by atoms with Gasteiger partial charge in [0.2, 0.25) is 0 Å². The Hall–Kier alpha value is -3.59. The fourth-order valence-corrected chi connectivity index (χ4v) is 3.09. The van der Waals surface area contributed by atoms with Crippen molar-refractivity contribution in [1.29, 1.82) is 0 Å². The van der Waals surface area contributed by atoms with Gasteiger partial charge in [-0.2, -0.15) is 0 Å². The highest BCUT2D eigenvalue weighted by Gasteiger charge is 2.22. The van der Waals surface area contributed by atoms with Gasteiger partial charge in [0.25, 0.3) is 0 Å². The summed E-state index contributed by atoms with van der Waals surface area (Å²) < 4.78 is 15.9. The number of Topliss-reactive ketones (excluding diaryl/α,β-unsaturated/α-hetero) is 1. The van der Waals surface area contributed by atoms with Crippen LogP contribution < -0.4 is 15.4 Å². The van der Waals surface area contributed by atoms with E-state index in [1.165, 1.54) is 19.9 Å². The van der Waals surface area contributed by atoms with Crippen molar-refractivity contribution in [3.05, 3.63) is 36.1 Å². The van der Waals surface area contributed by atoms with Crippen molar-refractivity contribution in [3.8, 4) is 11.5 Å². The quantitative estimate of drug-likeness (QED) is 0.270. The second kappa shape index (κ2) is 9.94. The third kappa shape index (κ3) is 5.32. The molecule has 0 aliphatic heterocycles. The molecular formula is C22H24N2O7. The van der Waals surface area contributed by atoms with Gasteiger partial charge in [-0.05, 0) is 19.0 Å². The lowest BCUT2D eigenvalue weighted by molar-refractivity contribution is -0.140. The molecule has 1 heterocycles. The molecule has 0 unspecified atom stereocenters. The highest BCUT2D eigenvalue weighted by atomic mass is 16.6. The number of fused-ring (bicyclic) bond motifs is 2. The van der Waals surface area contributed by atoms with Gasteiger partial charge in [-0.3, -0.25) is 9.59 Å². The van der Waals surface area contributed by atoms with Crippen molar-refractivity contribution in [3.63, 3.8) is 0 Å². The largest absolute Gasteiger partial charge is 0.507 e. The second-order valence-corrected chi connectivity index (χ2v) is 6.89. The van der Waals surface area contributed by atoms with Crippen LogP contribution in [0.15, 0.2) is 34.7 Å². The summed E-state index contributed by atoms with van der Waals surface area (Å²) in [7, 11) is 0. The summed E-state index contributed by atoms with van der Waals surface area (Å²) in [5.74, 6) is -0.488. The van der Waals surface area contributed by atoms with Gasteiger partial charge in [-0.1, -0.05) is 24.3 Å². The van der Waals surface area contributed by atoms with E-state index in [2.05, 4.69) is 10.6 Å². The predicted octanol–water partition coefficient (Wildman–Crippen LogP) is 3.13. The molecule has 3 rings (SSSR count). The first-order valence-electron chi connectivity index (χ1n) is 9.86. The number of benzene rings is 2. The molecule has 1 amide bonds. The van der Waals surface area contributed by atoms with Gasteiger partial charge in [0.05, 0.1) is 5.39 Å². The van der Waals surface area contributed by atoms with Gasteiger partial charge < -0.3 is 29.6 Å². The van der Waals surface area contributed by atoms with Crippen LogP contribution in [0.25, 0.3) is 21.7 Å². The van der Waals surface area contributed by atoms with Crippen LogP contribution in [0, 0.1) is 0 Å².